The molecule has 0 saturated carbocycles. The molecule has 1 fully saturated rings. The van der Waals surface area contributed by atoms with Crippen molar-refractivity contribution in [3.63, 3.8) is 0 Å². The molecule has 2 aromatic heterocycles. The van der Waals surface area contributed by atoms with E-state index < -0.39 is 0 Å². The van der Waals surface area contributed by atoms with Crippen molar-refractivity contribution in [3.8, 4) is 0 Å². The zero-order valence-corrected chi connectivity index (χ0v) is 15.6. The van der Waals surface area contributed by atoms with E-state index in [1.54, 1.807) is 18.3 Å². The third-order valence-electron chi connectivity index (χ3n) is 5.13. The minimum absolute atomic E-state index is 0.0308. The highest BCUT2D eigenvalue weighted by molar-refractivity contribution is 5.79. The van der Waals surface area contributed by atoms with Crippen LogP contribution in [0.5, 0.6) is 0 Å². The molecule has 1 aromatic carbocycles. The third kappa shape index (κ3) is 4.09. The van der Waals surface area contributed by atoms with Crippen LogP contribution in [0.15, 0.2) is 66.9 Å². The van der Waals surface area contributed by atoms with Gasteiger partial charge in [-0.2, -0.15) is 0 Å². The number of aromatic nitrogens is 2. The van der Waals surface area contributed by atoms with Gasteiger partial charge in [-0.3, -0.25) is 14.8 Å². The molecule has 3 aromatic rings. The molecule has 4 rings (SSSR count). The first-order chi connectivity index (χ1) is 13.7. The molecule has 0 N–H and O–H groups in total. The Morgan fingerprint density at radius 2 is 1.86 bits per heavy atom. The van der Waals surface area contributed by atoms with Gasteiger partial charge in [0, 0.05) is 30.6 Å². The Hall–Kier alpha value is -3.08. The minimum atomic E-state index is -0.220. The van der Waals surface area contributed by atoms with Crippen molar-refractivity contribution in [1.82, 2.24) is 14.9 Å². The summed E-state index contributed by atoms with van der Waals surface area (Å²) < 4.78 is 14.0. The molecule has 4 nitrogen and oxygen atoms in total. The number of likely N-dealkylation sites (tertiary alicyclic amines) is 1. The van der Waals surface area contributed by atoms with E-state index >= 15 is 0 Å². The summed E-state index contributed by atoms with van der Waals surface area (Å²) in [6.07, 6.45) is 4.29. The van der Waals surface area contributed by atoms with E-state index in [1.807, 2.05) is 47.4 Å². The highest BCUT2D eigenvalue weighted by atomic mass is 19.1. The zero-order valence-electron chi connectivity index (χ0n) is 15.6. The van der Waals surface area contributed by atoms with Crippen LogP contribution < -0.4 is 0 Å². The maximum Gasteiger partial charge on any atom is 0.229 e. The van der Waals surface area contributed by atoms with E-state index in [2.05, 4.69) is 4.98 Å². The summed E-state index contributed by atoms with van der Waals surface area (Å²) in [5, 5.41) is 0. The van der Waals surface area contributed by atoms with Crippen LogP contribution in [0.1, 0.15) is 41.5 Å². The summed E-state index contributed by atoms with van der Waals surface area (Å²) in [5.41, 5.74) is 3.09. The van der Waals surface area contributed by atoms with E-state index in [0.29, 0.717) is 18.4 Å². The van der Waals surface area contributed by atoms with Crippen molar-refractivity contribution >= 4 is 5.91 Å². The van der Waals surface area contributed by atoms with Crippen LogP contribution in [0.2, 0.25) is 0 Å². The molecule has 1 saturated heterocycles. The fourth-order valence-electron chi connectivity index (χ4n) is 3.75. The molecule has 1 atom stereocenters. The average molecular weight is 375 g/mol. The lowest BCUT2D eigenvalue weighted by atomic mass is 10.1. The van der Waals surface area contributed by atoms with Crippen LogP contribution in [0, 0.1) is 5.82 Å². The fourth-order valence-corrected chi connectivity index (χ4v) is 3.75. The van der Waals surface area contributed by atoms with Crippen molar-refractivity contribution in [3.05, 3.63) is 95.3 Å². The predicted molar refractivity (Wildman–Crippen MR) is 105 cm³/mol. The largest absolute Gasteiger partial charge is 0.334 e. The number of hydrogen-bond donors (Lipinski definition) is 0. The molecular weight excluding hydrogens is 353 g/mol. The molecule has 1 aliphatic heterocycles. The van der Waals surface area contributed by atoms with E-state index in [4.69, 9.17) is 4.98 Å². The minimum Gasteiger partial charge on any atom is -0.334 e. The third-order valence-corrected chi connectivity index (χ3v) is 5.13. The summed E-state index contributed by atoms with van der Waals surface area (Å²) in [6, 6.07) is 18.2. The van der Waals surface area contributed by atoms with Gasteiger partial charge in [-0.15, -0.1) is 0 Å². The molecule has 0 radical (unpaired) electrons. The Balaban J connectivity index is 1.51. The summed E-state index contributed by atoms with van der Waals surface area (Å²) in [5.74, 6) is -0.148. The first-order valence-electron chi connectivity index (χ1n) is 9.59. The van der Waals surface area contributed by atoms with E-state index in [9.17, 15) is 9.18 Å². The van der Waals surface area contributed by atoms with Gasteiger partial charge in [-0.1, -0.05) is 30.3 Å². The monoisotopic (exact) mass is 375 g/mol. The molecule has 3 heterocycles. The number of carbonyl (C=O) groups excluding carboxylic acids is 1. The van der Waals surface area contributed by atoms with Gasteiger partial charge in [-0.25, -0.2) is 4.39 Å². The number of rotatable bonds is 5. The van der Waals surface area contributed by atoms with E-state index in [1.165, 1.54) is 6.07 Å². The topological polar surface area (TPSA) is 46.1 Å². The van der Waals surface area contributed by atoms with Gasteiger partial charge in [0.05, 0.1) is 18.2 Å². The summed E-state index contributed by atoms with van der Waals surface area (Å²) >= 11 is 0. The number of nitrogens with zero attached hydrogens (tertiary/aromatic N) is 3. The first-order valence-corrected chi connectivity index (χ1v) is 9.59. The van der Waals surface area contributed by atoms with Crippen LogP contribution in [0.4, 0.5) is 4.39 Å². The van der Waals surface area contributed by atoms with Gasteiger partial charge in [-0.05, 0) is 48.7 Å². The van der Waals surface area contributed by atoms with Crippen molar-refractivity contribution in [2.24, 2.45) is 0 Å². The Morgan fingerprint density at radius 3 is 2.68 bits per heavy atom. The van der Waals surface area contributed by atoms with Gasteiger partial charge in [0.2, 0.25) is 5.91 Å². The maximum atomic E-state index is 14.0. The number of pyridine rings is 2. The lowest BCUT2D eigenvalue weighted by Crippen LogP contribution is -2.32. The number of carbonyl (C=O) groups is 1. The van der Waals surface area contributed by atoms with Crippen molar-refractivity contribution < 1.29 is 9.18 Å². The van der Waals surface area contributed by atoms with Gasteiger partial charge in [0.1, 0.15) is 5.82 Å². The molecular formula is C23H22FN3O. The van der Waals surface area contributed by atoms with Crippen LogP contribution in [0.25, 0.3) is 0 Å². The van der Waals surface area contributed by atoms with Crippen LogP contribution in [0.3, 0.4) is 0 Å². The summed E-state index contributed by atoms with van der Waals surface area (Å²) in [4.78, 5) is 23.7. The Labute approximate surface area is 164 Å². The molecule has 0 aliphatic carbocycles. The van der Waals surface area contributed by atoms with Crippen LogP contribution in [-0.2, 0) is 17.6 Å². The second-order valence-electron chi connectivity index (χ2n) is 7.06. The molecule has 28 heavy (non-hydrogen) atoms. The first kappa shape index (κ1) is 18.3. The number of halogens is 1. The number of amides is 1. The average Bonchev–Trinajstić information content (AvgIpc) is 3.21. The van der Waals surface area contributed by atoms with Gasteiger partial charge >= 0.3 is 0 Å². The van der Waals surface area contributed by atoms with Gasteiger partial charge in [0.15, 0.2) is 0 Å². The SMILES string of the molecule is O=C(Cc1ccccn1)N1CCCC1c1cccc(Cc2ccccc2F)n1. The highest BCUT2D eigenvalue weighted by Gasteiger charge is 2.31. The van der Waals surface area contributed by atoms with Crippen molar-refractivity contribution in [2.45, 2.75) is 31.7 Å². The zero-order chi connectivity index (χ0) is 19.3. The normalized spacial score (nSPS) is 16.3. The highest BCUT2D eigenvalue weighted by Crippen LogP contribution is 2.31. The number of benzene rings is 1. The Bertz CT molecular complexity index is 961. The van der Waals surface area contributed by atoms with Gasteiger partial charge in [0.25, 0.3) is 0 Å². The standard InChI is InChI=1S/C23H22FN3O/c24-20-10-2-1-7-17(20)15-19-9-5-11-21(26-19)22-12-6-14-27(22)23(28)16-18-8-3-4-13-25-18/h1-5,7-11,13,22H,6,12,14-16H2. The van der Waals surface area contributed by atoms with E-state index in [-0.39, 0.29) is 17.8 Å². The molecule has 0 spiro atoms. The maximum absolute atomic E-state index is 14.0. The summed E-state index contributed by atoms with van der Waals surface area (Å²) in [6.45, 7) is 0.732. The molecule has 142 valence electrons. The fraction of sp³-hybridized carbons (Fsp3) is 0.261. The second kappa shape index (κ2) is 8.30. The smallest absolute Gasteiger partial charge is 0.229 e. The molecule has 1 aliphatic rings. The molecule has 5 heteroatoms. The van der Waals surface area contributed by atoms with Gasteiger partial charge < -0.3 is 4.90 Å². The Kier molecular flexibility index (Phi) is 5.42. The molecule has 0 bridgehead atoms. The lowest BCUT2D eigenvalue weighted by Gasteiger charge is -2.24. The van der Waals surface area contributed by atoms with Crippen molar-refractivity contribution in [2.75, 3.05) is 6.54 Å². The van der Waals surface area contributed by atoms with Crippen LogP contribution in [-0.4, -0.2) is 27.3 Å². The Morgan fingerprint density at radius 1 is 1.04 bits per heavy atom. The molecule has 1 unspecified atom stereocenters. The lowest BCUT2D eigenvalue weighted by molar-refractivity contribution is -0.131. The van der Waals surface area contributed by atoms with E-state index in [0.717, 1.165) is 36.5 Å². The molecule has 1 amide bonds. The summed E-state index contributed by atoms with van der Waals surface area (Å²) in [7, 11) is 0. The predicted octanol–water partition coefficient (Wildman–Crippen LogP) is 4.11. The van der Waals surface area contributed by atoms with Crippen LogP contribution >= 0.6 is 0 Å². The number of hydrogen-bond acceptors (Lipinski definition) is 3. The quantitative estimate of drug-likeness (QED) is 0.674. The van der Waals surface area contributed by atoms with Crippen molar-refractivity contribution in [1.29, 1.82) is 0 Å². The second-order valence-corrected chi connectivity index (χ2v) is 7.06.